The van der Waals surface area contributed by atoms with Gasteiger partial charge < -0.3 is 9.88 Å². The van der Waals surface area contributed by atoms with Crippen LogP contribution in [-0.2, 0) is 0 Å². The van der Waals surface area contributed by atoms with Gasteiger partial charge in [-0.3, -0.25) is 4.79 Å². The first-order valence-corrected chi connectivity index (χ1v) is 8.40. The zero-order valence-electron chi connectivity index (χ0n) is 12.2. The third-order valence-corrected chi connectivity index (χ3v) is 5.42. The van der Waals surface area contributed by atoms with E-state index in [2.05, 4.69) is 28.1 Å². The highest BCUT2D eigenvalue weighted by Crippen LogP contribution is 2.33. The van der Waals surface area contributed by atoms with Crippen LogP contribution in [0.2, 0.25) is 0 Å². The number of anilines is 1. The predicted molar refractivity (Wildman–Crippen MR) is 90.9 cm³/mol. The number of benzene rings is 1. The van der Waals surface area contributed by atoms with Crippen molar-refractivity contribution in [2.75, 3.05) is 18.0 Å². The summed E-state index contributed by atoms with van der Waals surface area (Å²) in [6.45, 7) is 1.99. The highest BCUT2D eigenvalue weighted by Gasteiger charge is 2.22. The number of piperidine rings is 1. The van der Waals surface area contributed by atoms with Gasteiger partial charge in [0, 0.05) is 25.4 Å². The fourth-order valence-electron chi connectivity index (χ4n) is 3.11. The number of aromatic nitrogens is 2. The van der Waals surface area contributed by atoms with E-state index in [1.165, 1.54) is 4.70 Å². The maximum atomic E-state index is 11.4. The zero-order chi connectivity index (χ0) is 14.9. The van der Waals surface area contributed by atoms with Crippen molar-refractivity contribution < 1.29 is 0 Å². The fraction of sp³-hybridized carbons (Fsp3) is 0.294. The Bertz CT molecular complexity index is 813. The Morgan fingerprint density at radius 2 is 2.00 bits per heavy atom. The van der Waals surface area contributed by atoms with Crippen LogP contribution >= 0.6 is 11.3 Å². The van der Waals surface area contributed by atoms with Gasteiger partial charge in [0.2, 0.25) is 5.56 Å². The minimum atomic E-state index is -0.00824. The SMILES string of the molecule is O=c1cc(C2CCN(c3nc4ccccc4s3)CC2)cc[nH]1. The van der Waals surface area contributed by atoms with Crippen molar-refractivity contribution >= 4 is 26.7 Å². The smallest absolute Gasteiger partial charge is 0.248 e. The van der Waals surface area contributed by atoms with E-state index in [0.29, 0.717) is 5.92 Å². The molecule has 1 saturated heterocycles. The summed E-state index contributed by atoms with van der Waals surface area (Å²) in [4.78, 5) is 21.2. The lowest BCUT2D eigenvalue weighted by Gasteiger charge is -2.31. The summed E-state index contributed by atoms with van der Waals surface area (Å²) in [6.07, 6.45) is 3.89. The van der Waals surface area contributed by atoms with Crippen LogP contribution in [0.3, 0.4) is 0 Å². The average Bonchev–Trinajstić information content (AvgIpc) is 2.99. The lowest BCUT2D eigenvalue weighted by molar-refractivity contribution is 0.504. The number of pyridine rings is 1. The molecule has 1 fully saturated rings. The molecule has 3 heterocycles. The summed E-state index contributed by atoms with van der Waals surface area (Å²) in [5.74, 6) is 0.480. The number of nitrogens with zero attached hydrogens (tertiary/aromatic N) is 2. The Morgan fingerprint density at radius 1 is 1.18 bits per heavy atom. The van der Waals surface area contributed by atoms with E-state index in [0.717, 1.165) is 42.1 Å². The van der Waals surface area contributed by atoms with Gasteiger partial charge in [0.1, 0.15) is 0 Å². The normalized spacial score (nSPS) is 16.3. The minimum Gasteiger partial charge on any atom is -0.348 e. The third kappa shape index (κ3) is 2.52. The number of aromatic amines is 1. The maximum Gasteiger partial charge on any atom is 0.248 e. The molecule has 1 aromatic carbocycles. The first kappa shape index (κ1) is 13.5. The van der Waals surface area contributed by atoms with Gasteiger partial charge in [-0.05, 0) is 42.5 Å². The number of nitrogens with one attached hydrogen (secondary N) is 1. The number of thiazole rings is 1. The number of hydrogen-bond acceptors (Lipinski definition) is 4. The Labute approximate surface area is 132 Å². The van der Waals surface area contributed by atoms with Crippen LogP contribution < -0.4 is 10.5 Å². The van der Waals surface area contributed by atoms with Gasteiger partial charge in [0.05, 0.1) is 10.2 Å². The van der Waals surface area contributed by atoms with Crippen LogP contribution in [0, 0.1) is 0 Å². The van der Waals surface area contributed by atoms with Gasteiger partial charge in [-0.1, -0.05) is 23.5 Å². The van der Waals surface area contributed by atoms with E-state index in [-0.39, 0.29) is 5.56 Å². The monoisotopic (exact) mass is 311 g/mol. The van der Waals surface area contributed by atoms with Crippen molar-refractivity contribution in [3.63, 3.8) is 0 Å². The van der Waals surface area contributed by atoms with Gasteiger partial charge in [-0.15, -0.1) is 0 Å². The second kappa shape index (κ2) is 5.57. The molecule has 0 unspecified atom stereocenters. The van der Waals surface area contributed by atoms with Crippen LogP contribution in [0.25, 0.3) is 10.2 Å². The van der Waals surface area contributed by atoms with E-state index in [9.17, 15) is 4.79 Å². The number of H-pyrrole nitrogens is 1. The molecular weight excluding hydrogens is 294 g/mol. The van der Waals surface area contributed by atoms with E-state index in [1.807, 2.05) is 12.1 Å². The summed E-state index contributed by atoms with van der Waals surface area (Å²) >= 11 is 1.76. The Hall–Kier alpha value is -2.14. The third-order valence-electron chi connectivity index (χ3n) is 4.32. The second-order valence-electron chi connectivity index (χ2n) is 5.71. The molecule has 1 N–H and O–H groups in total. The molecule has 112 valence electrons. The second-order valence-corrected chi connectivity index (χ2v) is 6.72. The van der Waals surface area contributed by atoms with Gasteiger partial charge in [-0.2, -0.15) is 0 Å². The van der Waals surface area contributed by atoms with Crippen LogP contribution in [0.4, 0.5) is 5.13 Å². The molecule has 4 rings (SSSR count). The molecule has 0 bridgehead atoms. The Morgan fingerprint density at radius 3 is 2.77 bits per heavy atom. The van der Waals surface area contributed by atoms with Crippen molar-refractivity contribution in [2.24, 2.45) is 0 Å². The van der Waals surface area contributed by atoms with E-state index in [4.69, 9.17) is 4.98 Å². The van der Waals surface area contributed by atoms with Crippen molar-refractivity contribution in [3.8, 4) is 0 Å². The predicted octanol–water partition coefficient (Wildman–Crippen LogP) is 3.37. The minimum absolute atomic E-state index is 0.00824. The van der Waals surface area contributed by atoms with E-state index >= 15 is 0 Å². The number of para-hydroxylation sites is 1. The lowest BCUT2D eigenvalue weighted by Crippen LogP contribution is -2.33. The first-order chi connectivity index (χ1) is 10.8. The van der Waals surface area contributed by atoms with Crippen molar-refractivity contribution in [1.82, 2.24) is 9.97 Å². The molecule has 5 heteroatoms. The average molecular weight is 311 g/mol. The number of rotatable bonds is 2. The lowest BCUT2D eigenvalue weighted by atomic mass is 9.90. The Balaban J connectivity index is 1.50. The molecule has 0 saturated carbocycles. The standard InChI is InChI=1S/C17H17N3OS/c21-16-11-13(5-8-18-16)12-6-9-20(10-7-12)17-19-14-3-1-2-4-15(14)22-17/h1-5,8,11-12H,6-7,9-10H2,(H,18,21). The quantitative estimate of drug-likeness (QED) is 0.789. The number of fused-ring (bicyclic) bond motifs is 1. The molecule has 0 spiro atoms. The summed E-state index contributed by atoms with van der Waals surface area (Å²) < 4.78 is 1.24. The molecular formula is C17H17N3OS. The molecule has 0 amide bonds. The molecule has 1 aliphatic heterocycles. The van der Waals surface area contributed by atoms with Crippen LogP contribution in [0.15, 0.2) is 47.4 Å². The summed E-state index contributed by atoms with van der Waals surface area (Å²) in [6, 6.07) is 12.0. The molecule has 22 heavy (non-hydrogen) atoms. The van der Waals surface area contributed by atoms with Crippen LogP contribution in [0.5, 0.6) is 0 Å². The van der Waals surface area contributed by atoms with Crippen molar-refractivity contribution in [3.05, 3.63) is 58.5 Å². The molecule has 2 aromatic heterocycles. The summed E-state index contributed by atoms with van der Waals surface area (Å²) in [5, 5.41) is 1.12. The van der Waals surface area contributed by atoms with E-state index < -0.39 is 0 Å². The molecule has 4 nitrogen and oxygen atoms in total. The van der Waals surface area contributed by atoms with Crippen molar-refractivity contribution in [1.29, 1.82) is 0 Å². The molecule has 3 aromatic rings. The highest BCUT2D eigenvalue weighted by molar-refractivity contribution is 7.22. The molecule has 1 aliphatic rings. The van der Waals surface area contributed by atoms with Crippen LogP contribution in [0.1, 0.15) is 24.3 Å². The van der Waals surface area contributed by atoms with Gasteiger partial charge in [-0.25, -0.2) is 4.98 Å². The van der Waals surface area contributed by atoms with Gasteiger partial charge in [0.15, 0.2) is 5.13 Å². The van der Waals surface area contributed by atoms with Crippen LogP contribution in [-0.4, -0.2) is 23.1 Å². The molecule has 0 radical (unpaired) electrons. The van der Waals surface area contributed by atoms with Gasteiger partial charge in [0.25, 0.3) is 0 Å². The topological polar surface area (TPSA) is 49.0 Å². The van der Waals surface area contributed by atoms with E-state index in [1.54, 1.807) is 23.6 Å². The molecule has 0 aliphatic carbocycles. The number of hydrogen-bond donors (Lipinski definition) is 1. The largest absolute Gasteiger partial charge is 0.348 e. The van der Waals surface area contributed by atoms with Gasteiger partial charge >= 0.3 is 0 Å². The maximum absolute atomic E-state index is 11.4. The van der Waals surface area contributed by atoms with Crippen molar-refractivity contribution in [2.45, 2.75) is 18.8 Å². The first-order valence-electron chi connectivity index (χ1n) is 7.59. The zero-order valence-corrected chi connectivity index (χ0v) is 13.0. The molecule has 0 atom stereocenters. The summed E-state index contributed by atoms with van der Waals surface area (Å²) in [7, 11) is 0. The fourth-order valence-corrected chi connectivity index (χ4v) is 4.13. The highest BCUT2D eigenvalue weighted by atomic mass is 32.1. The Kier molecular flexibility index (Phi) is 3.42. The summed E-state index contributed by atoms with van der Waals surface area (Å²) in [5.41, 5.74) is 2.23.